The molecule has 1 atom stereocenters. The van der Waals surface area contributed by atoms with Crippen LogP contribution in [0.3, 0.4) is 0 Å². The van der Waals surface area contributed by atoms with Crippen LogP contribution < -0.4 is 10.1 Å². The van der Waals surface area contributed by atoms with Crippen LogP contribution in [-0.4, -0.2) is 33.6 Å². The number of H-pyrrole nitrogens is 1. The topological polar surface area (TPSA) is 104 Å². The van der Waals surface area contributed by atoms with Crippen molar-refractivity contribution in [2.75, 3.05) is 6.61 Å². The number of carboxylic acid groups (broad SMARTS) is 1. The van der Waals surface area contributed by atoms with Gasteiger partial charge in [-0.05, 0) is 25.1 Å². The molecule has 1 unspecified atom stereocenters. The molecule has 22 heavy (non-hydrogen) atoms. The Bertz CT molecular complexity index is 738. The summed E-state index contributed by atoms with van der Waals surface area (Å²) in [5.74, 6) is -0.766. The average Bonchev–Trinajstić information content (AvgIpc) is 2.90. The average molecular weight is 301 g/mol. The Morgan fingerprint density at radius 1 is 1.50 bits per heavy atom. The molecule has 2 aromatic rings. The summed E-state index contributed by atoms with van der Waals surface area (Å²) >= 11 is 0. The quantitative estimate of drug-likeness (QED) is 0.800. The first-order chi connectivity index (χ1) is 10.6. The summed E-state index contributed by atoms with van der Waals surface area (Å²) in [7, 11) is 0. The van der Waals surface area contributed by atoms with E-state index in [0.717, 1.165) is 0 Å². The number of ether oxygens (including phenoxy) is 1. The number of carboxylic acids is 1. The molecule has 0 radical (unpaired) electrons. The monoisotopic (exact) mass is 301 g/mol. The maximum absolute atomic E-state index is 12.3. The molecule has 0 aliphatic carbocycles. The van der Waals surface area contributed by atoms with Gasteiger partial charge in [-0.15, -0.1) is 0 Å². The van der Waals surface area contributed by atoms with Gasteiger partial charge in [0.25, 0.3) is 5.91 Å². The smallest absolute Gasteiger partial charge is 0.337 e. The number of amides is 1. The van der Waals surface area contributed by atoms with Crippen LogP contribution >= 0.6 is 0 Å². The number of pyridine rings is 1. The molecule has 7 nitrogen and oxygen atoms in total. The third-order valence-corrected chi connectivity index (χ3v) is 3.59. The van der Waals surface area contributed by atoms with Crippen molar-refractivity contribution in [3.63, 3.8) is 0 Å². The van der Waals surface area contributed by atoms with E-state index in [4.69, 9.17) is 9.84 Å². The minimum Gasteiger partial charge on any atom is -0.491 e. The number of rotatable bonds is 3. The molecule has 0 fully saturated rings. The molecule has 0 saturated carbocycles. The van der Waals surface area contributed by atoms with Gasteiger partial charge < -0.3 is 20.1 Å². The predicted molar refractivity (Wildman–Crippen MR) is 77.0 cm³/mol. The number of aryl methyl sites for hydroxylation is 1. The maximum atomic E-state index is 12.3. The molecule has 7 heteroatoms. The van der Waals surface area contributed by atoms with Gasteiger partial charge in [-0.2, -0.15) is 0 Å². The Morgan fingerprint density at radius 3 is 3.05 bits per heavy atom. The van der Waals surface area contributed by atoms with Crippen molar-refractivity contribution >= 4 is 11.9 Å². The van der Waals surface area contributed by atoms with Gasteiger partial charge >= 0.3 is 5.97 Å². The van der Waals surface area contributed by atoms with Crippen molar-refractivity contribution in [3.8, 4) is 5.75 Å². The normalized spacial score (nSPS) is 16.5. The summed E-state index contributed by atoms with van der Waals surface area (Å²) in [6, 6.07) is 4.67. The summed E-state index contributed by atoms with van der Waals surface area (Å²) in [6.07, 6.45) is 2.26. The number of aromatic nitrogens is 2. The van der Waals surface area contributed by atoms with Crippen LogP contribution in [0.1, 0.15) is 44.7 Å². The molecule has 0 spiro atoms. The van der Waals surface area contributed by atoms with Crippen molar-refractivity contribution in [1.82, 2.24) is 15.3 Å². The SMILES string of the molecule is Cc1[nH]c(C(=O)NC2CCOc3cccnc32)cc1C(=O)O. The number of aromatic carboxylic acids is 1. The number of nitrogens with zero attached hydrogens (tertiary/aromatic N) is 1. The Morgan fingerprint density at radius 2 is 2.32 bits per heavy atom. The highest BCUT2D eigenvalue weighted by atomic mass is 16.5. The first-order valence-corrected chi connectivity index (χ1v) is 6.87. The molecular formula is C15H15N3O4. The molecule has 3 rings (SSSR count). The van der Waals surface area contributed by atoms with Crippen LogP contribution in [-0.2, 0) is 0 Å². The number of carbonyl (C=O) groups is 2. The second-order valence-electron chi connectivity index (χ2n) is 5.08. The molecule has 1 aliphatic heterocycles. The number of nitrogens with one attached hydrogen (secondary N) is 2. The molecule has 114 valence electrons. The van der Waals surface area contributed by atoms with Crippen LogP contribution in [0.4, 0.5) is 0 Å². The van der Waals surface area contributed by atoms with Crippen LogP contribution in [0.2, 0.25) is 0 Å². The molecule has 1 aliphatic rings. The number of hydrogen-bond acceptors (Lipinski definition) is 4. The van der Waals surface area contributed by atoms with Gasteiger partial charge in [0.15, 0.2) is 0 Å². The Hall–Kier alpha value is -2.83. The number of carbonyl (C=O) groups excluding carboxylic acids is 1. The third kappa shape index (κ3) is 2.52. The van der Waals surface area contributed by atoms with Crippen molar-refractivity contribution in [3.05, 3.63) is 47.0 Å². The standard InChI is InChI=1S/C15H15N3O4/c1-8-9(15(20)21)7-11(17-8)14(19)18-10-4-6-22-12-3-2-5-16-13(10)12/h2-3,5,7,10,17H,4,6H2,1H3,(H,18,19)(H,20,21). The fourth-order valence-corrected chi connectivity index (χ4v) is 2.49. The van der Waals surface area contributed by atoms with Gasteiger partial charge in [-0.3, -0.25) is 9.78 Å². The van der Waals surface area contributed by atoms with Crippen molar-refractivity contribution in [1.29, 1.82) is 0 Å². The van der Waals surface area contributed by atoms with Crippen molar-refractivity contribution in [2.45, 2.75) is 19.4 Å². The van der Waals surface area contributed by atoms with Gasteiger partial charge in [0.1, 0.15) is 17.1 Å². The van der Waals surface area contributed by atoms with E-state index in [0.29, 0.717) is 30.2 Å². The van der Waals surface area contributed by atoms with E-state index in [1.807, 2.05) is 6.07 Å². The third-order valence-electron chi connectivity index (χ3n) is 3.59. The summed E-state index contributed by atoms with van der Waals surface area (Å²) in [5.41, 5.74) is 1.45. The lowest BCUT2D eigenvalue weighted by Gasteiger charge is -2.25. The van der Waals surface area contributed by atoms with Crippen molar-refractivity contribution < 1.29 is 19.4 Å². The fraction of sp³-hybridized carbons (Fsp3) is 0.267. The second-order valence-corrected chi connectivity index (χ2v) is 5.08. The molecule has 0 aromatic carbocycles. The lowest BCUT2D eigenvalue weighted by atomic mass is 10.1. The van der Waals surface area contributed by atoms with E-state index in [-0.39, 0.29) is 23.2 Å². The van der Waals surface area contributed by atoms with Gasteiger partial charge in [-0.1, -0.05) is 0 Å². The Labute approximate surface area is 126 Å². The highest BCUT2D eigenvalue weighted by molar-refractivity contribution is 5.97. The van der Waals surface area contributed by atoms with E-state index in [1.54, 1.807) is 19.2 Å². The second kappa shape index (κ2) is 5.51. The molecule has 3 N–H and O–H groups in total. The minimum atomic E-state index is -1.06. The van der Waals surface area contributed by atoms with Gasteiger partial charge in [0.05, 0.1) is 18.2 Å². The number of fused-ring (bicyclic) bond motifs is 1. The molecule has 0 saturated heterocycles. The zero-order valence-corrected chi connectivity index (χ0v) is 11.9. The van der Waals surface area contributed by atoms with E-state index in [9.17, 15) is 9.59 Å². The summed E-state index contributed by atoms with van der Waals surface area (Å²) in [4.78, 5) is 30.4. The molecule has 2 aromatic heterocycles. The first kappa shape index (κ1) is 14.1. The fourth-order valence-electron chi connectivity index (χ4n) is 2.49. The van der Waals surface area contributed by atoms with E-state index in [2.05, 4.69) is 15.3 Å². The zero-order chi connectivity index (χ0) is 15.7. The van der Waals surface area contributed by atoms with Crippen molar-refractivity contribution in [2.24, 2.45) is 0 Å². The highest BCUT2D eigenvalue weighted by Crippen LogP contribution is 2.29. The van der Waals surface area contributed by atoms with E-state index >= 15 is 0 Å². The van der Waals surface area contributed by atoms with E-state index < -0.39 is 5.97 Å². The first-order valence-electron chi connectivity index (χ1n) is 6.87. The van der Waals surface area contributed by atoms with Crippen LogP contribution in [0, 0.1) is 6.92 Å². The van der Waals surface area contributed by atoms with Gasteiger partial charge in [0.2, 0.25) is 0 Å². The largest absolute Gasteiger partial charge is 0.491 e. The maximum Gasteiger partial charge on any atom is 0.337 e. The summed E-state index contributed by atoms with van der Waals surface area (Å²) < 4.78 is 5.50. The van der Waals surface area contributed by atoms with Crippen LogP contribution in [0.5, 0.6) is 5.75 Å². The Balaban J connectivity index is 1.81. The number of aromatic amines is 1. The predicted octanol–water partition coefficient (Wildman–Crippen LogP) is 1.67. The molecule has 3 heterocycles. The molecule has 1 amide bonds. The van der Waals surface area contributed by atoms with Gasteiger partial charge in [0, 0.05) is 18.3 Å². The van der Waals surface area contributed by atoms with Gasteiger partial charge in [-0.25, -0.2) is 4.79 Å². The number of hydrogen-bond donors (Lipinski definition) is 3. The lowest BCUT2D eigenvalue weighted by Crippen LogP contribution is -2.33. The van der Waals surface area contributed by atoms with Crippen LogP contribution in [0.25, 0.3) is 0 Å². The summed E-state index contributed by atoms with van der Waals surface area (Å²) in [6.45, 7) is 2.11. The lowest BCUT2D eigenvalue weighted by molar-refractivity contribution is 0.0696. The highest BCUT2D eigenvalue weighted by Gasteiger charge is 2.25. The molecule has 0 bridgehead atoms. The zero-order valence-electron chi connectivity index (χ0n) is 11.9. The van der Waals surface area contributed by atoms with E-state index in [1.165, 1.54) is 6.07 Å². The minimum absolute atomic E-state index is 0.0932. The Kier molecular flexibility index (Phi) is 3.54. The summed E-state index contributed by atoms with van der Waals surface area (Å²) in [5, 5.41) is 11.9. The van der Waals surface area contributed by atoms with Crippen LogP contribution in [0.15, 0.2) is 24.4 Å². The molecular weight excluding hydrogens is 286 g/mol.